The molecule has 0 aliphatic carbocycles. The van der Waals surface area contributed by atoms with E-state index in [0.29, 0.717) is 17.2 Å². The third-order valence-electron chi connectivity index (χ3n) is 4.42. The highest BCUT2D eigenvalue weighted by Crippen LogP contribution is 2.37. The van der Waals surface area contributed by atoms with Gasteiger partial charge in [-0.1, -0.05) is 30.3 Å². The Hall–Kier alpha value is -3.22. The van der Waals surface area contributed by atoms with Crippen molar-refractivity contribution in [1.82, 2.24) is 0 Å². The van der Waals surface area contributed by atoms with Crippen molar-refractivity contribution in [2.45, 2.75) is 19.0 Å². The lowest BCUT2D eigenvalue weighted by Gasteiger charge is -2.18. The molecule has 1 N–H and O–H groups in total. The van der Waals surface area contributed by atoms with Crippen molar-refractivity contribution in [3.8, 4) is 11.3 Å². The number of furan rings is 1. The number of rotatable bonds is 6. The molecule has 1 heterocycles. The molecule has 0 bridgehead atoms. The molecule has 0 unspecified atom stereocenters. The summed E-state index contributed by atoms with van der Waals surface area (Å²) >= 11 is 0. The number of hydrogen-bond acceptors (Lipinski definition) is 3. The summed E-state index contributed by atoms with van der Waals surface area (Å²) in [5.74, 6) is 0.767. The van der Waals surface area contributed by atoms with Crippen LogP contribution in [0.15, 0.2) is 65.1 Å². The monoisotopic (exact) mass is 402 g/mol. The van der Waals surface area contributed by atoms with E-state index in [0.717, 1.165) is 11.6 Å². The van der Waals surface area contributed by atoms with Gasteiger partial charge in [0.1, 0.15) is 11.5 Å². The van der Waals surface area contributed by atoms with E-state index in [1.54, 1.807) is 25.1 Å². The predicted molar refractivity (Wildman–Crippen MR) is 107 cm³/mol. The molecular formula is C22H21F3N2O2. The summed E-state index contributed by atoms with van der Waals surface area (Å²) in [6.45, 7) is 0. The van der Waals surface area contributed by atoms with Gasteiger partial charge in [0.15, 0.2) is 0 Å². The molecular weight excluding hydrogens is 381 g/mol. The minimum atomic E-state index is -4.57. The van der Waals surface area contributed by atoms with Gasteiger partial charge >= 0.3 is 6.18 Å². The van der Waals surface area contributed by atoms with Gasteiger partial charge in [0.25, 0.3) is 0 Å². The highest BCUT2D eigenvalue weighted by atomic mass is 19.4. The molecule has 3 rings (SSSR count). The van der Waals surface area contributed by atoms with Gasteiger partial charge in [-0.2, -0.15) is 13.2 Å². The molecule has 0 spiro atoms. The third kappa shape index (κ3) is 5.19. The minimum absolute atomic E-state index is 0.00840. The Morgan fingerprint density at radius 2 is 1.76 bits per heavy atom. The van der Waals surface area contributed by atoms with E-state index >= 15 is 0 Å². The van der Waals surface area contributed by atoms with Gasteiger partial charge < -0.3 is 14.6 Å². The average molecular weight is 402 g/mol. The number of carbonyl (C=O) groups excluding carboxylic acids is 1. The number of amides is 1. The van der Waals surface area contributed by atoms with Crippen molar-refractivity contribution in [2.75, 3.05) is 24.3 Å². The summed E-state index contributed by atoms with van der Waals surface area (Å²) in [6, 6.07) is 16.9. The van der Waals surface area contributed by atoms with Crippen molar-refractivity contribution in [3.05, 3.63) is 72.0 Å². The van der Waals surface area contributed by atoms with Gasteiger partial charge in [0.05, 0.1) is 11.3 Å². The van der Waals surface area contributed by atoms with E-state index in [-0.39, 0.29) is 18.5 Å². The number of anilines is 2. The van der Waals surface area contributed by atoms with Crippen LogP contribution < -0.4 is 10.2 Å². The number of alkyl halides is 3. The molecule has 152 valence electrons. The van der Waals surface area contributed by atoms with Crippen LogP contribution in [0.3, 0.4) is 0 Å². The fourth-order valence-corrected chi connectivity index (χ4v) is 2.87. The molecule has 2 aromatic carbocycles. The Balaban J connectivity index is 1.66. The molecule has 0 saturated carbocycles. The molecule has 0 aliphatic heterocycles. The first kappa shape index (κ1) is 20.5. The fraction of sp³-hybridized carbons (Fsp3) is 0.227. The molecule has 3 aromatic rings. The highest BCUT2D eigenvalue weighted by molar-refractivity contribution is 5.92. The highest BCUT2D eigenvalue weighted by Gasteiger charge is 2.34. The van der Waals surface area contributed by atoms with Crippen molar-refractivity contribution in [1.29, 1.82) is 0 Å². The number of benzene rings is 2. The SMILES string of the molecule is CN(C)c1ccc(NC(=O)CCc2ccc(-c3ccccc3)o2)c(C(F)(F)F)c1. The molecule has 4 nitrogen and oxygen atoms in total. The van der Waals surface area contributed by atoms with Gasteiger partial charge in [-0.3, -0.25) is 4.79 Å². The maximum Gasteiger partial charge on any atom is 0.418 e. The number of carbonyl (C=O) groups is 1. The van der Waals surface area contributed by atoms with Crippen LogP contribution in [-0.2, 0) is 17.4 Å². The summed E-state index contributed by atoms with van der Waals surface area (Å²) in [7, 11) is 3.31. The van der Waals surface area contributed by atoms with Gasteiger partial charge in [-0.15, -0.1) is 0 Å². The molecule has 0 saturated heterocycles. The lowest BCUT2D eigenvalue weighted by molar-refractivity contribution is -0.136. The van der Waals surface area contributed by atoms with E-state index in [4.69, 9.17) is 4.42 Å². The number of aryl methyl sites for hydroxylation is 1. The van der Waals surface area contributed by atoms with Crippen LogP contribution in [0.25, 0.3) is 11.3 Å². The van der Waals surface area contributed by atoms with Crippen LogP contribution >= 0.6 is 0 Å². The summed E-state index contributed by atoms with van der Waals surface area (Å²) in [4.78, 5) is 13.8. The largest absolute Gasteiger partial charge is 0.461 e. The molecule has 0 fully saturated rings. The van der Waals surface area contributed by atoms with E-state index in [1.165, 1.54) is 12.1 Å². The second-order valence-electron chi connectivity index (χ2n) is 6.80. The quantitative estimate of drug-likeness (QED) is 0.584. The smallest absolute Gasteiger partial charge is 0.418 e. The Labute approximate surface area is 166 Å². The summed E-state index contributed by atoms with van der Waals surface area (Å²) in [5.41, 5.74) is 0.192. The Bertz CT molecular complexity index is 979. The first-order chi connectivity index (χ1) is 13.7. The number of halogens is 3. The van der Waals surface area contributed by atoms with Crippen LogP contribution in [0.2, 0.25) is 0 Å². The molecule has 0 atom stereocenters. The second-order valence-corrected chi connectivity index (χ2v) is 6.80. The van der Waals surface area contributed by atoms with Crippen LogP contribution in [-0.4, -0.2) is 20.0 Å². The Kier molecular flexibility index (Phi) is 5.96. The molecule has 0 radical (unpaired) electrons. The normalized spacial score (nSPS) is 11.3. The first-order valence-electron chi connectivity index (χ1n) is 9.06. The molecule has 1 aromatic heterocycles. The third-order valence-corrected chi connectivity index (χ3v) is 4.42. The van der Waals surface area contributed by atoms with Crippen molar-refractivity contribution >= 4 is 17.3 Å². The van der Waals surface area contributed by atoms with Gasteiger partial charge in [-0.05, 0) is 30.3 Å². The summed E-state index contributed by atoms with van der Waals surface area (Å²) < 4.78 is 45.8. The zero-order valence-corrected chi connectivity index (χ0v) is 16.1. The van der Waals surface area contributed by atoms with E-state index in [9.17, 15) is 18.0 Å². The van der Waals surface area contributed by atoms with Crippen LogP contribution in [0.5, 0.6) is 0 Å². The zero-order chi connectivity index (χ0) is 21.0. The summed E-state index contributed by atoms with van der Waals surface area (Å²) in [5, 5.41) is 2.37. The molecule has 1 amide bonds. The number of hydrogen-bond donors (Lipinski definition) is 1. The number of nitrogens with one attached hydrogen (secondary N) is 1. The Morgan fingerprint density at radius 3 is 2.41 bits per heavy atom. The first-order valence-corrected chi connectivity index (χ1v) is 9.06. The van der Waals surface area contributed by atoms with E-state index in [2.05, 4.69) is 5.32 Å². The average Bonchev–Trinajstić information content (AvgIpc) is 3.15. The lowest BCUT2D eigenvalue weighted by atomic mass is 10.1. The van der Waals surface area contributed by atoms with Gasteiger partial charge in [0.2, 0.25) is 5.91 Å². The standard InChI is InChI=1S/C22H21F3N2O2/c1-27(2)16-8-11-19(18(14-16)22(23,24)25)26-21(28)13-10-17-9-12-20(29-17)15-6-4-3-5-7-15/h3-9,11-12,14H,10,13H2,1-2H3,(H,26,28). The topological polar surface area (TPSA) is 45.5 Å². The minimum Gasteiger partial charge on any atom is -0.461 e. The van der Waals surface area contributed by atoms with Gasteiger partial charge in [-0.25, -0.2) is 0 Å². The van der Waals surface area contributed by atoms with E-state index < -0.39 is 17.6 Å². The van der Waals surface area contributed by atoms with Crippen molar-refractivity contribution in [2.24, 2.45) is 0 Å². The second kappa shape index (κ2) is 8.43. The zero-order valence-electron chi connectivity index (χ0n) is 16.1. The maximum absolute atomic E-state index is 13.4. The van der Waals surface area contributed by atoms with Crippen LogP contribution in [0.1, 0.15) is 17.7 Å². The van der Waals surface area contributed by atoms with Crippen LogP contribution in [0, 0.1) is 0 Å². The predicted octanol–water partition coefficient (Wildman–Crippen LogP) is 5.60. The van der Waals surface area contributed by atoms with Gasteiger partial charge in [0, 0.05) is 38.2 Å². The van der Waals surface area contributed by atoms with Crippen molar-refractivity contribution < 1.29 is 22.4 Å². The van der Waals surface area contributed by atoms with Crippen LogP contribution in [0.4, 0.5) is 24.5 Å². The number of nitrogens with zero attached hydrogens (tertiary/aromatic N) is 1. The maximum atomic E-state index is 13.4. The fourth-order valence-electron chi connectivity index (χ4n) is 2.87. The molecule has 7 heteroatoms. The molecule has 0 aliphatic rings. The van der Waals surface area contributed by atoms with E-state index in [1.807, 2.05) is 36.4 Å². The Morgan fingerprint density at radius 1 is 1.03 bits per heavy atom. The summed E-state index contributed by atoms with van der Waals surface area (Å²) in [6.07, 6.45) is -4.27. The molecule has 29 heavy (non-hydrogen) atoms. The lowest BCUT2D eigenvalue weighted by Crippen LogP contribution is -2.18. The van der Waals surface area contributed by atoms with Crippen molar-refractivity contribution in [3.63, 3.8) is 0 Å².